The molecule has 1 saturated carbocycles. The summed E-state index contributed by atoms with van der Waals surface area (Å²) in [5, 5.41) is 0. The Morgan fingerprint density at radius 3 is 2.29 bits per heavy atom. The summed E-state index contributed by atoms with van der Waals surface area (Å²) >= 11 is 0. The van der Waals surface area contributed by atoms with Gasteiger partial charge in [0.25, 0.3) is 0 Å². The van der Waals surface area contributed by atoms with Crippen molar-refractivity contribution in [2.45, 2.75) is 55.9 Å². The average molecular weight is 421 g/mol. The van der Waals surface area contributed by atoms with Crippen LogP contribution in [0.15, 0.2) is 36.7 Å². The van der Waals surface area contributed by atoms with E-state index in [1.54, 1.807) is 12.4 Å². The van der Waals surface area contributed by atoms with E-state index in [-0.39, 0.29) is 17.7 Å². The number of hydrogen-bond acceptors (Lipinski definition) is 6. The first-order valence-corrected chi connectivity index (χ1v) is 11.6. The molecule has 2 saturated heterocycles. The number of nitrogens with zero attached hydrogens (tertiary/aromatic N) is 3. The van der Waals surface area contributed by atoms with Gasteiger partial charge in [-0.25, -0.2) is 9.97 Å². The SMILES string of the molecule is NCC(=O)c1cnc(CC2(c3ccc(C4CCN(C5COC5)CC4)cc3)CCC2)nc1. The number of rotatable bonds is 7. The molecule has 1 aromatic carbocycles. The number of carbonyl (C=O) groups is 1. The lowest BCUT2D eigenvalue weighted by molar-refractivity contribution is -0.0712. The highest BCUT2D eigenvalue weighted by Gasteiger charge is 2.39. The van der Waals surface area contributed by atoms with Crippen LogP contribution in [-0.4, -0.2) is 59.5 Å². The number of likely N-dealkylation sites (tertiary alicyclic amines) is 1. The van der Waals surface area contributed by atoms with E-state index in [0.717, 1.165) is 25.5 Å². The van der Waals surface area contributed by atoms with Crippen molar-refractivity contribution in [3.8, 4) is 0 Å². The number of ketones is 1. The monoisotopic (exact) mass is 420 g/mol. The van der Waals surface area contributed by atoms with Gasteiger partial charge in [-0.2, -0.15) is 0 Å². The minimum absolute atomic E-state index is 0.00693. The minimum Gasteiger partial charge on any atom is -0.378 e. The van der Waals surface area contributed by atoms with Gasteiger partial charge in [-0.05, 0) is 55.8 Å². The Morgan fingerprint density at radius 2 is 1.77 bits per heavy atom. The lowest BCUT2D eigenvalue weighted by atomic mass is 9.62. The van der Waals surface area contributed by atoms with E-state index < -0.39 is 0 Å². The van der Waals surface area contributed by atoms with Crippen molar-refractivity contribution in [1.29, 1.82) is 0 Å². The van der Waals surface area contributed by atoms with Gasteiger partial charge in [-0.1, -0.05) is 30.7 Å². The number of carbonyl (C=O) groups excluding carboxylic acids is 1. The zero-order valence-corrected chi connectivity index (χ0v) is 18.1. The molecule has 164 valence electrons. The lowest BCUT2D eigenvalue weighted by Crippen LogP contribution is -2.51. The molecule has 6 nitrogen and oxygen atoms in total. The van der Waals surface area contributed by atoms with Crippen molar-refractivity contribution in [3.05, 3.63) is 59.2 Å². The molecule has 0 spiro atoms. The molecule has 1 aliphatic carbocycles. The summed E-state index contributed by atoms with van der Waals surface area (Å²) in [4.78, 5) is 23.2. The van der Waals surface area contributed by atoms with E-state index in [9.17, 15) is 4.79 Å². The third kappa shape index (κ3) is 4.16. The number of hydrogen-bond donors (Lipinski definition) is 1. The highest BCUT2D eigenvalue weighted by Crippen LogP contribution is 2.46. The molecule has 0 bridgehead atoms. The zero-order chi connectivity index (χ0) is 21.3. The van der Waals surface area contributed by atoms with Gasteiger partial charge in [0.2, 0.25) is 0 Å². The van der Waals surface area contributed by atoms with E-state index in [1.807, 2.05) is 0 Å². The van der Waals surface area contributed by atoms with Crippen LogP contribution in [0.1, 0.15) is 65.3 Å². The number of benzene rings is 1. The smallest absolute Gasteiger partial charge is 0.179 e. The third-order valence-corrected chi connectivity index (χ3v) is 7.68. The van der Waals surface area contributed by atoms with Crippen LogP contribution in [0.3, 0.4) is 0 Å². The maximum Gasteiger partial charge on any atom is 0.179 e. The quantitative estimate of drug-likeness (QED) is 0.694. The van der Waals surface area contributed by atoms with Crippen molar-refractivity contribution in [2.24, 2.45) is 5.73 Å². The predicted octanol–water partition coefficient (Wildman–Crippen LogP) is 2.86. The molecule has 1 aromatic heterocycles. The third-order valence-electron chi connectivity index (χ3n) is 7.68. The minimum atomic E-state index is -0.118. The van der Waals surface area contributed by atoms with E-state index >= 15 is 0 Å². The van der Waals surface area contributed by atoms with Crippen LogP contribution in [0, 0.1) is 0 Å². The number of piperidine rings is 1. The van der Waals surface area contributed by atoms with Crippen molar-refractivity contribution >= 4 is 5.78 Å². The Bertz CT molecular complexity index is 896. The molecule has 0 unspecified atom stereocenters. The van der Waals surface area contributed by atoms with Gasteiger partial charge in [0, 0.05) is 24.2 Å². The topological polar surface area (TPSA) is 81.3 Å². The fraction of sp³-hybridized carbons (Fsp3) is 0.560. The fourth-order valence-electron chi connectivity index (χ4n) is 5.32. The summed E-state index contributed by atoms with van der Waals surface area (Å²) in [6, 6.07) is 10.0. The molecule has 0 amide bonds. The molecule has 31 heavy (non-hydrogen) atoms. The molecule has 0 atom stereocenters. The van der Waals surface area contributed by atoms with Crippen molar-refractivity contribution in [1.82, 2.24) is 14.9 Å². The van der Waals surface area contributed by atoms with Crippen LogP contribution >= 0.6 is 0 Å². The van der Waals surface area contributed by atoms with E-state index in [2.05, 4.69) is 39.1 Å². The molecule has 2 N–H and O–H groups in total. The molecule has 3 aliphatic rings. The second kappa shape index (κ2) is 8.77. The molecule has 0 radical (unpaired) electrons. The number of nitrogens with two attached hydrogens (primary N) is 1. The summed E-state index contributed by atoms with van der Waals surface area (Å²) < 4.78 is 5.35. The molecular formula is C25H32N4O2. The van der Waals surface area contributed by atoms with Gasteiger partial charge in [-0.3, -0.25) is 9.69 Å². The Kier molecular flexibility index (Phi) is 5.87. The fourth-order valence-corrected chi connectivity index (χ4v) is 5.32. The highest BCUT2D eigenvalue weighted by atomic mass is 16.5. The van der Waals surface area contributed by atoms with Crippen LogP contribution in [-0.2, 0) is 16.6 Å². The number of ether oxygens (including phenoxy) is 1. The van der Waals surface area contributed by atoms with Gasteiger partial charge in [-0.15, -0.1) is 0 Å². The summed E-state index contributed by atoms with van der Waals surface area (Å²) in [6.45, 7) is 4.19. The highest BCUT2D eigenvalue weighted by molar-refractivity contribution is 5.96. The molecule has 5 rings (SSSR count). The van der Waals surface area contributed by atoms with Crippen LogP contribution in [0.2, 0.25) is 0 Å². The molecule has 2 aromatic rings. The van der Waals surface area contributed by atoms with Crippen LogP contribution in [0.5, 0.6) is 0 Å². The van der Waals surface area contributed by atoms with E-state index in [0.29, 0.717) is 17.5 Å². The van der Waals surface area contributed by atoms with Crippen molar-refractivity contribution in [3.63, 3.8) is 0 Å². The van der Waals surface area contributed by atoms with Crippen LogP contribution < -0.4 is 5.73 Å². The van der Waals surface area contributed by atoms with Crippen LogP contribution in [0.25, 0.3) is 0 Å². The molecule has 2 aliphatic heterocycles. The Morgan fingerprint density at radius 1 is 1.10 bits per heavy atom. The second-order valence-corrected chi connectivity index (χ2v) is 9.45. The van der Waals surface area contributed by atoms with Crippen molar-refractivity contribution < 1.29 is 9.53 Å². The van der Waals surface area contributed by atoms with Crippen LogP contribution in [0.4, 0.5) is 0 Å². The average Bonchev–Trinajstić information content (AvgIpc) is 2.76. The predicted molar refractivity (Wildman–Crippen MR) is 119 cm³/mol. The molecule has 3 heterocycles. The first kappa shape index (κ1) is 20.7. The standard InChI is InChI=1S/C25H32N4O2/c26-13-23(30)20-14-27-24(28-15-20)12-25(8-1-9-25)21-4-2-18(3-5-21)19-6-10-29(11-7-19)22-16-31-17-22/h2-5,14-15,19,22H,1,6-13,16-17,26H2. The number of Topliss-reactive ketones (excluding diaryl/α,β-unsaturated/α-hetero) is 1. The van der Waals surface area contributed by atoms with Gasteiger partial charge in [0.05, 0.1) is 31.4 Å². The Hall–Kier alpha value is -2.15. The van der Waals surface area contributed by atoms with E-state index in [1.165, 1.54) is 56.3 Å². The normalized spacial score (nSPS) is 22.0. The lowest BCUT2D eigenvalue weighted by Gasteiger charge is -2.43. The van der Waals surface area contributed by atoms with E-state index in [4.69, 9.17) is 10.5 Å². The van der Waals surface area contributed by atoms with Gasteiger partial charge in [0.15, 0.2) is 5.78 Å². The number of aromatic nitrogens is 2. The first-order valence-electron chi connectivity index (χ1n) is 11.6. The first-order chi connectivity index (χ1) is 15.2. The largest absolute Gasteiger partial charge is 0.378 e. The van der Waals surface area contributed by atoms with Gasteiger partial charge >= 0.3 is 0 Å². The maximum atomic E-state index is 11.7. The Labute approximate surface area is 184 Å². The van der Waals surface area contributed by atoms with Gasteiger partial charge in [0.1, 0.15) is 5.82 Å². The second-order valence-electron chi connectivity index (χ2n) is 9.45. The van der Waals surface area contributed by atoms with Gasteiger partial charge < -0.3 is 10.5 Å². The van der Waals surface area contributed by atoms with Crippen molar-refractivity contribution in [2.75, 3.05) is 32.8 Å². The zero-order valence-electron chi connectivity index (χ0n) is 18.1. The maximum absolute atomic E-state index is 11.7. The summed E-state index contributed by atoms with van der Waals surface area (Å²) in [6.07, 6.45) is 10.1. The Balaban J connectivity index is 1.24. The summed E-state index contributed by atoms with van der Waals surface area (Å²) in [5.74, 6) is 1.36. The summed E-state index contributed by atoms with van der Waals surface area (Å²) in [5.41, 5.74) is 8.93. The molecule has 6 heteroatoms. The molecule has 3 fully saturated rings. The summed E-state index contributed by atoms with van der Waals surface area (Å²) in [7, 11) is 0. The molecular weight excluding hydrogens is 388 g/mol.